The molecule has 102 valence electrons. The Kier molecular flexibility index (Phi) is 5.67. The Morgan fingerprint density at radius 1 is 1.21 bits per heavy atom. The van der Waals surface area contributed by atoms with Crippen LogP contribution in [0.4, 0.5) is 0 Å². The van der Waals surface area contributed by atoms with Gasteiger partial charge in [-0.15, -0.1) is 0 Å². The number of fused-ring (bicyclic) bond motifs is 1. The van der Waals surface area contributed by atoms with Gasteiger partial charge in [0, 0.05) is 23.4 Å². The zero-order valence-corrected chi connectivity index (χ0v) is 12.5. The van der Waals surface area contributed by atoms with E-state index >= 15 is 0 Å². The van der Waals surface area contributed by atoms with Gasteiger partial charge in [-0.05, 0) is 43.7 Å². The van der Waals surface area contributed by atoms with Crippen LogP contribution in [-0.4, -0.2) is 29.7 Å². The lowest BCUT2D eigenvalue weighted by molar-refractivity contribution is 0.164. The highest BCUT2D eigenvalue weighted by Crippen LogP contribution is 2.18. The van der Waals surface area contributed by atoms with Crippen molar-refractivity contribution in [1.29, 1.82) is 0 Å². The minimum absolute atomic E-state index is 0.811. The molecule has 0 aliphatic heterocycles. The fourth-order valence-electron chi connectivity index (χ4n) is 2.09. The average Bonchev–Trinajstić information content (AvgIpc) is 2.43. The largest absolute Gasteiger partial charge is 0.381 e. The van der Waals surface area contributed by atoms with Crippen LogP contribution in [0.25, 0.3) is 10.9 Å². The number of rotatable bonds is 7. The van der Waals surface area contributed by atoms with Gasteiger partial charge >= 0.3 is 0 Å². The van der Waals surface area contributed by atoms with Crippen LogP contribution in [-0.2, 0) is 11.2 Å². The Hall–Kier alpha value is -1.06. The summed E-state index contributed by atoms with van der Waals surface area (Å²) in [6.45, 7) is 5.86. The lowest BCUT2D eigenvalue weighted by Crippen LogP contribution is -1.99. The van der Waals surface area contributed by atoms with Crippen LogP contribution in [0, 0.1) is 6.92 Å². The molecule has 3 heteroatoms. The molecule has 1 aromatic carbocycles. The van der Waals surface area contributed by atoms with Crippen LogP contribution >= 0.6 is 11.8 Å². The third-order valence-corrected chi connectivity index (χ3v) is 4.00. The first kappa shape index (κ1) is 14.4. The van der Waals surface area contributed by atoms with Crippen molar-refractivity contribution in [2.75, 3.05) is 24.7 Å². The van der Waals surface area contributed by atoms with E-state index in [2.05, 4.69) is 37.3 Å². The predicted molar refractivity (Wildman–Crippen MR) is 84.0 cm³/mol. The Balaban J connectivity index is 1.90. The molecule has 2 rings (SSSR count). The van der Waals surface area contributed by atoms with Crippen LogP contribution in [0.5, 0.6) is 0 Å². The van der Waals surface area contributed by atoms with Gasteiger partial charge in [0.15, 0.2) is 0 Å². The summed E-state index contributed by atoms with van der Waals surface area (Å²) >= 11 is 1.93. The monoisotopic (exact) mass is 275 g/mol. The molecule has 0 radical (unpaired) electrons. The normalized spacial score (nSPS) is 11.1. The molecule has 0 saturated carbocycles. The van der Waals surface area contributed by atoms with E-state index in [4.69, 9.17) is 9.72 Å². The van der Waals surface area contributed by atoms with E-state index in [1.54, 1.807) is 0 Å². The number of aromatic nitrogens is 1. The van der Waals surface area contributed by atoms with E-state index < -0.39 is 0 Å². The molecule has 0 amide bonds. The highest BCUT2D eigenvalue weighted by molar-refractivity contribution is 7.99. The minimum Gasteiger partial charge on any atom is -0.381 e. The highest BCUT2D eigenvalue weighted by Gasteiger charge is 2.02. The van der Waals surface area contributed by atoms with Crippen molar-refractivity contribution in [3.05, 3.63) is 41.6 Å². The summed E-state index contributed by atoms with van der Waals surface area (Å²) in [6.07, 6.45) is 1.03. The van der Waals surface area contributed by atoms with Gasteiger partial charge in [0.05, 0.1) is 12.1 Å². The van der Waals surface area contributed by atoms with Crippen LogP contribution in [0.1, 0.15) is 18.2 Å². The van der Waals surface area contributed by atoms with Crippen LogP contribution in [0.15, 0.2) is 30.3 Å². The van der Waals surface area contributed by atoms with Gasteiger partial charge < -0.3 is 4.74 Å². The Morgan fingerprint density at radius 2 is 2.05 bits per heavy atom. The first-order valence-corrected chi connectivity index (χ1v) is 7.97. The summed E-state index contributed by atoms with van der Waals surface area (Å²) in [4.78, 5) is 4.73. The van der Waals surface area contributed by atoms with E-state index in [1.165, 1.54) is 16.6 Å². The van der Waals surface area contributed by atoms with E-state index in [9.17, 15) is 0 Å². The number of hydrogen-bond acceptors (Lipinski definition) is 3. The number of nitrogens with zero attached hydrogens (tertiary/aromatic N) is 1. The van der Waals surface area contributed by atoms with E-state index in [0.717, 1.165) is 36.7 Å². The molecule has 0 aliphatic carbocycles. The summed E-state index contributed by atoms with van der Waals surface area (Å²) in [7, 11) is 0. The predicted octanol–water partition coefficient (Wildman–Crippen LogP) is 3.86. The quantitative estimate of drug-likeness (QED) is 0.716. The molecule has 0 unspecified atom stereocenters. The van der Waals surface area contributed by atoms with Gasteiger partial charge in [-0.3, -0.25) is 4.98 Å². The SMILES string of the molecule is CCOCCSCCc1cc(C)c2ccccc2n1. The van der Waals surface area contributed by atoms with Crippen molar-refractivity contribution in [1.82, 2.24) is 4.98 Å². The van der Waals surface area contributed by atoms with E-state index in [0.29, 0.717) is 0 Å². The van der Waals surface area contributed by atoms with Gasteiger partial charge in [-0.2, -0.15) is 11.8 Å². The maximum atomic E-state index is 5.33. The number of ether oxygens (including phenoxy) is 1. The third-order valence-electron chi connectivity index (χ3n) is 3.05. The lowest BCUT2D eigenvalue weighted by Gasteiger charge is -2.06. The zero-order chi connectivity index (χ0) is 13.5. The Labute approximate surface area is 119 Å². The Morgan fingerprint density at radius 3 is 2.89 bits per heavy atom. The second-order valence-electron chi connectivity index (χ2n) is 4.51. The van der Waals surface area contributed by atoms with Crippen molar-refractivity contribution < 1.29 is 4.74 Å². The smallest absolute Gasteiger partial charge is 0.0707 e. The molecule has 0 aliphatic rings. The summed E-state index contributed by atoms with van der Waals surface area (Å²) in [5, 5.41) is 1.26. The van der Waals surface area contributed by atoms with Crippen LogP contribution in [0.3, 0.4) is 0 Å². The van der Waals surface area contributed by atoms with Crippen LogP contribution < -0.4 is 0 Å². The van der Waals surface area contributed by atoms with Crippen molar-refractivity contribution in [2.24, 2.45) is 0 Å². The molecule has 2 aromatic rings. The van der Waals surface area contributed by atoms with Gasteiger partial charge in [0.2, 0.25) is 0 Å². The molecule has 0 fully saturated rings. The summed E-state index contributed by atoms with van der Waals surface area (Å²) in [6, 6.07) is 10.6. The fourth-order valence-corrected chi connectivity index (χ4v) is 2.88. The van der Waals surface area contributed by atoms with Gasteiger partial charge in [0.1, 0.15) is 0 Å². The number of pyridine rings is 1. The molecule has 2 nitrogen and oxygen atoms in total. The number of benzene rings is 1. The third kappa shape index (κ3) is 4.22. The second kappa shape index (κ2) is 7.51. The minimum atomic E-state index is 0.811. The van der Waals surface area contributed by atoms with E-state index in [-0.39, 0.29) is 0 Å². The Bertz CT molecular complexity index is 527. The maximum absolute atomic E-state index is 5.33. The molecule has 0 saturated heterocycles. The van der Waals surface area contributed by atoms with Crippen molar-refractivity contribution in [2.45, 2.75) is 20.3 Å². The molecule has 0 atom stereocenters. The van der Waals surface area contributed by atoms with Crippen molar-refractivity contribution in [3.63, 3.8) is 0 Å². The molecule has 0 spiro atoms. The summed E-state index contributed by atoms with van der Waals surface area (Å²) in [5.74, 6) is 2.18. The topological polar surface area (TPSA) is 22.1 Å². The molecule has 1 aromatic heterocycles. The first-order valence-electron chi connectivity index (χ1n) is 6.82. The van der Waals surface area contributed by atoms with E-state index in [1.807, 2.05) is 18.7 Å². The fraction of sp³-hybridized carbons (Fsp3) is 0.438. The number of hydrogen-bond donors (Lipinski definition) is 0. The number of para-hydroxylation sites is 1. The first-order chi connectivity index (χ1) is 9.31. The molecule has 0 N–H and O–H groups in total. The lowest BCUT2D eigenvalue weighted by atomic mass is 10.1. The van der Waals surface area contributed by atoms with Gasteiger partial charge in [-0.25, -0.2) is 0 Å². The average molecular weight is 275 g/mol. The maximum Gasteiger partial charge on any atom is 0.0707 e. The molecule has 0 bridgehead atoms. The van der Waals surface area contributed by atoms with Crippen LogP contribution in [0.2, 0.25) is 0 Å². The molecular weight excluding hydrogens is 254 g/mol. The summed E-state index contributed by atoms with van der Waals surface area (Å²) < 4.78 is 5.33. The van der Waals surface area contributed by atoms with Crippen molar-refractivity contribution in [3.8, 4) is 0 Å². The van der Waals surface area contributed by atoms with Gasteiger partial charge in [0.25, 0.3) is 0 Å². The standard InChI is InChI=1S/C16H21NOS/c1-3-18-9-11-19-10-8-14-12-13(2)15-6-4-5-7-16(15)17-14/h4-7,12H,3,8-11H2,1-2H3. The van der Waals surface area contributed by atoms with Gasteiger partial charge in [-0.1, -0.05) is 18.2 Å². The van der Waals surface area contributed by atoms with Crippen molar-refractivity contribution >= 4 is 22.7 Å². The second-order valence-corrected chi connectivity index (χ2v) is 5.73. The molecular formula is C16H21NOS. The number of thioether (sulfide) groups is 1. The number of aryl methyl sites for hydroxylation is 2. The highest BCUT2D eigenvalue weighted by atomic mass is 32.2. The molecule has 1 heterocycles. The zero-order valence-electron chi connectivity index (χ0n) is 11.7. The summed E-state index contributed by atoms with van der Waals surface area (Å²) in [5.41, 5.74) is 3.62. The molecule has 19 heavy (non-hydrogen) atoms.